The molecule has 2 rings (SSSR count). The minimum absolute atomic E-state index is 0.510. The number of rotatable bonds is 6. The lowest BCUT2D eigenvalue weighted by Crippen LogP contribution is -2.28. The fourth-order valence-corrected chi connectivity index (χ4v) is 1.92. The molecule has 1 aromatic heterocycles. The van der Waals surface area contributed by atoms with Crippen LogP contribution in [0.15, 0.2) is 42.7 Å². The highest BCUT2D eigenvalue weighted by Crippen LogP contribution is 2.13. The van der Waals surface area contributed by atoms with Crippen LogP contribution < -0.4 is 10.6 Å². The number of nitriles is 1. The summed E-state index contributed by atoms with van der Waals surface area (Å²) in [5.74, 6) is 0. The third kappa shape index (κ3) is 3.75. The number of hydrogen-bond acceptors (Lipinski definition) is 4. The molecule has 2 aromatic rings. The van der Waals surface area contributed by atoms with Crippen LogP contribution in [-0.2, 0) is 6.54 Å². The fourth-order valence-electron chi connectivity index (χ4n) is 1.92. The van der Waals surface area contributed by atoms with Gasteiger partial charge in [0.05, 0.1) is 30.9 Å². The van der Waals surface area contributed by atoms with E-state index in [-0.39, 0.29) is 0 Å². The molecule has 0 saturated heterocycles. The van der Waals surface area contributed by atoms with Crippen LogP contribution in [-0.4, -0.2) is 22.9 Å². The summed E-state index contributed by atoms with van der Waals surface area (Å²) in [5, 5.41) is 12.9. The first kappa shape index (κ1) is 13.0. The number of benzene rings is 1. The number of nitrogen functional groups attached to an aromatic ring is 1. The van der Waals surface area contributed by atoms with Crippen LogP contribution in [0.4, 0.5) is 11.4 Å². The number of nitrogens with two attached hydrogens (primary N) is 1. The minimum Gasteiger partial charge on any atom is -0.396 e. The van der Waals surface area contributed by atoms with Crippen molar-refractivity contribution in [2.45, 2.75) is 13.0 Å². The summed E-state index contributed by atoms with van der Waals surface area (Å²) in [7, 11) is 0. The molecule has 0 bridgehead atoms. The largest absolute Gasteiger partial charge is 0.396 e. The van der Waals surface area contributed by atoms with Crippen molar-refractivity contribution in [3.63, 3.8) is 0 Å². The molecular weight excluding hydrogens is 238 g/mol. The third-order valence-electron chi connectivity index (χ3n) is 2.87. The van der Waals surface area contributed by atoms with Crippen LogP contribution >= 0.6 is 0 Å². The van der Waals surface area contributed by atoms with Gasteiger partial charge in [0.25, 0.3) is 0 Å². The average Bonchev–Trinajstić information content (AvgIpc) is 2.86. The lowest BCUT2D eigenvalue weighted by atomic mass is 10.2. The van der Waals surface area contributed by atoms with Gasteiger partial charge in [0.2, 0.25) is 0 Å². The zero-order valence-corrected chi connectivity index (χ0v) is 10.7. The van der Waals surface area contributed by atoms with Gasteiger partial charge in [0, 0.05) is 25.0 Å². The van der Waals surface area contributed by atoms with E-state index in [4.69, 9.17) is 11.0 Å². The maximum absolute atomic E-state index is 8.74. The Kier molecular flexibility index (Phi) is 4.40. The van der Waals surface area contributed by atoms with Crippen LogP contribution in [0.25, 0.3) is 0 Å². The molecule has 5 heteroatoms. The normalized spacial score (nSPS) is 10.1. The standard InChI is InChI=1S/C14H17N5/c15-7-4-8-18(14-5-2-1-3-6-14)9-10-19-12-13(16)11-17-19/h1-3,5-6,11-12H,4,8-10,16H2. The van der Waals surface area contributed by atoms with Crippen molar-refractivity contribution < 1.29 is 0 Å². The molecule has 19 heavy (non-hydrogen) atoms. The Balaban J connectivity index is 2.00. The zero-order chi connectivity index (χ0) is 13.5. The number of aromatic nitrogens is 2. The molecular formula is C14H17N5. The van der Waals surface area contributed by atoms with Gasteiger partial charge in [-0.2, -0.15) is 10.4 Å². The molecule has 98 valence electrons. The first-order chi connectivity index (χ1) is 9.29. The van der Waals surface area contributed by atoms with Crippen molar-refractivity contribution in [3.05, 3.63) is 42.7 Å². The summed E-state index contributed by atoms with van der Waals surface area (Å²) in [5.41, 5.74) is 7.43. The predicted octanol–water partition coefficient (Wildman–Crippen LogP) is 1.89. The van der Waals surface area contributed by atoms with Gasteiger partial charge in [-0.1, -0.05) is 18.2 Å². The summed E-state index contributed by atoms with van der Waals surface area (Å²) in [6, 6.07) is 12.3. The van der Waals surface area contributed by atoms with Gasteiger partial charge in [-0.05, 0) is 12.1 Å². The van der Waals surface area contributed by atoms with Gasteiger partial charge < -0.3 is 10.6 Å². The van der Waals surface area contributed by atoms with Gasteiger partial charge in [-0.15, -0.1) is 0 Å². The lowest BCUT2D eigenvalue weighted by Gasteiger charge is -2.23. The summed E-state index contributed by atoms with van der Waals surface area (Å²) >= 11 is 0. The maximum atomic E-state index is 8.74. The molecule has 0 amide bonds. The van der Waals surface area contributed by atoms with Crippen LogP contribution in [0, 0.1) is 11.3 Å². The zero-order valence-electron chi connectivity index (χ0n) is 10.7. The van der Waals surface area contributed by atoms with E-state index in [2.05, 4.69) is 28.2 Å². The van der Waals surface area contributed by atoms with Crippen LogP contribution in [0.2, 0.25) is 0 Å². The smallest absolute Gasteiger partial charge is 0.0719 e. The lowest BCUT2D eigenvalue weighted by molar-refractivity contribution is 0.597. The third-order valence-corrected chi connectivity index (χ3v) is 2.87. The van der Waals surface area contributed by atoms with Gasteiger partial charge in [-0.25, -0.2) is 0 Å². The SMILES string of the molecule is N#CCCN(CCn1cc(N)cn1)c1ccccc1. The maximum Gasteiger partial charge on any atom is 0.0719 e. The van der Waals surface area contributed by atoms with Gasteiger partial charge in [-0.3, -0.25) is 4.68 Å². The van der Waals surface area contributed by atoms with Crippen molar-refractivity contribution in [2.75, 3.05) is 23.7 Å². The first-order valence-corrected chi connectivity index (χ1v) is 6.24. The molecule has 5 nitrogen and oxygen atoms in total. The van der Waals surface area contributed by atoms with Crippen molar-refractivity contribution in [3.8, 4) is 6.07 Å². The van der Waals surface area contributed by atoms with Crippen molar-refractivity contribution in [1.82, 2.24) is 9.78 Å². The molecule has 0 radical (unpaired) electrons. The summed E-state index contributed by atoms with van der Waals surface area (Å²) in [6.07, 6.45) is 3.96. The molecule has 0 atom stereocenters. The van der Waals surface area contributed by atoms with E-state index in [9.17, 15) is 0 Å². The van der Waals surface area contributed by atoms with E-state index in [1.54, 1.807) is 6.20 Å². The first-order valence-electron chi connectivity index (χ1n) is 6.24. The van der Waals surface area contributed by atoms with E-state index in [1.807, 2.05) is 29.1 Å². The molecule has 0 aliphatic rings. The highest BCUT2D eigenvalue weighted by Gasteiger charge is 2.06. The molecule has 0 aliphatic carbocycles. The molecule has 1 aromatic carbocycles. The fraction of sp³-hybridized carbons (Fsp3) is 0.286. The highest BCUT2D eigenvalue weighted by atomic mass is 15.3. The van der Waals surface area contributed by atoms with E-state index < -0.39 is 0 Å². The Morgan fingerprint density at radius 3 is 2.68 bits per heavy atom. The Morgan fingerprint density at radius 2 is 2.05 bits per heavy atom. The van der Waals surface area contributed by atoms with E-state index in [0.717, 1.165) is 25.3 Å². The van der Waals surface area contributed by atoms with Crippen LogP contribution in [0.5, 0.6) is 0 Å². The van der Waals surface area contributed by atoms with Crippen molar-refractivity contribution in [1.29, 1.82) is 5.26 Å². The summed E-state index contributed by atoms with van der Waals surface area (Å²) in [6.45, 7) is 2.27. The summed E-state index contributed by atoms with van der Waals surface area (Å²) < 4.78 is 1.82. The van der Waals surface area contributed by atoms with E-state index in [0.29, 0.717) is 12.1 Å². The quantitative estimate of drug-likeness (QED) is 0.855. The van der Waals surface area contributed by atoms with Crippen molar-refractivity contribution in [2.24, 2.45) is 0 Å². The van der Waals surface area contributed by atoms with E-state index >= 15 is 0 Å². The van der Waals surface area contributed by atoms with Gasteiger partial charge in [0.1, 0.15) is 0 Å². The second-order valence-corrected chi connectivity index (χ2v) is 4.27. The second-order valence-electron chi connectivity index (χ2n) is 4.27. The van der Waals surface area contributed by atoms with Gasteiger partial charge in [0.15, 0.2) is 0 Å². The number of hydrogen-bond donors (Lipinski definition) is 1. The second kappa shape index (κ2) is 6.45. The predicted molar refractivity (Wildman–Crippen MR) is 75.5 cm³/mol. The molecule has 0 fully saturated rings. The monoisotopic (exact) mass is 255 g/mol. The average molecular weight is 255 g/mol. The van der Waals surface area contributed by atoms with Gasteiger partial charge >= 0.3 is 0 Å². The van der Waals surface area contributed by atoms with Crippen LogP contribution in [0.3, 0.4) is 0 Å². The van der Waals surface area contributed by atoms with Crippen LogP contribution in [0.1, 0.15) is 6.42 Å². The molecule has 2 N–H and O–H groups in total. The Hall–Kier alpha value is -2.48. The highest BCUT2D eigenvalue weighted by molar-refractivity contribution is 5.45. The van der Waals surface area contributed by atoms with Crippen molar-refractivity contribution >= 4 is 11.4 Å². The molecule has 1 heterocycles. The number of anilines is 2. The number of para-hydroxylation sites is 1. The number of nitrogens with zero attached hydrogens (tertiary/aromatic N) is 4. The molecule has 0 aliphatic heterocycles. The topological polar surface area (TPSA) is 70.9 Å². The molecule has 0 spiro atoms. The summed E-state index contributed by atoms with van der Waals surface area (Å²) in [4.78, 5) is 2.18. The molecule has 0 saturated carbocycles. The Labute approximate surface area is 112 Å². The minimum atomic E-state index is 0.510. The Morgan fingerprint density at radius 1 is 1.26 bits per heavy atom. The Bertz CT molecular complexity index is 540. The van der Waals surface area contributed by atoms with E-state index in [1.165, 1.54) is 0 Å². The molecule has 0 unspecified atom stereocenters.